The Hall–Kier alpha value is -6.90. The first-order valence-corrected chi connectivity index (χ1v) is 19.7. The Morgan fingerprint density at radius 1 is 0.500 bits per heavy atom. The first-order chi connectivity index (χ1) is 27.8. The van der Waals surface area contributed by atoms with E-state index >= 15 is 0 Å². The molecule has 0 saturated carbocycles. The molecule has 0 radical (unpaired) electrons. The van der Waals surface area contributed by atoms with Crippen LogP contribution in [0.5, 0.6) is 5.75 Å². The molecule has 11 rings (SSSR count). The van der Waals surface area contributed by atoms with Gasteiger partial charge in [-0.3, -0.25) is 0 Å². The van der Waals surface area contributed by atoms with Crippen molar-refractivity contribution in [3.8, 4) is 28.0 Å². The van der Waals surface area contributed by atoms with E-state index in [0.717, 1.165) is 23.5 Å². The summed E-state index contributed by atoms with van der Waals surface area (Å²) < 4.78 is 6.30. The SMILES string of the molecule is C1=CCC(c2ccccc2)C(N(c2ccc(-c3ccc4c5c(ccc4c3)OC3C=CC=CC53)cc2)c2ccc(-c3cc4ccccc4c4ccccc34)cc2)=C1. The van der Waals surface area contributed by atoms with Gasteiger partial charge in [-0.15, -0.1) is 0 Å². The van der Waals surface area contributed by atoms with E-state index in [1.54, 1.807) is 0 Å². The molecule has 0 bridgehead atoms. The van der Waals surface area contributed by atoms with Gasteiger partial charge in [0, 0.05) is 34.5 Å². The third kappa shape index (κ3) is 5.48. The summed E-state index contributed by atoms with van der Waals surface area (Å²) >= 11 is 0. The van der Waals surface area contributed by atoms with Crippen LogP contribution in [0.15, 0.2) is 212 Å². The summed E-state index contributed by atoms with van der Waals surface area (Å²) in [5, 5.41) is 7.61. The fourth-order valence-corrected chi connectivity index (χ4v) is 9.24. The second kappa shape index (κ2) is 13.4. The average molecular weight is 718 g/mol. The standard InChI is InChI=1S/C54H39NO/c1-2-12-37(13-3-1)45-16-8-10-20-51(45)55(43-30-24-38(25-31-43)50-35-40-14-4-5-15-44(40)47-17-6-7-18-48(47)50)42-28-22-36(23-29-42)39-26-32-46-41(34-39)27-33-53-54(46)49-19-9-11-21-52(49)56-53/h1-15,17-35,45,49,52H,16H2. The zero-order valence-corrected chi connectivity index (χ0v) is 30.9. The Morgan fingerprint density at radius 3 is 2.00 bits per heavy atom. The molecule has 1 heterocycles. The molecule has 3 unspecified atom stereocenters. The van der Waals surface area contributed by atoms with Crippen molar-refractivity contribution in [1.29, 1.82) is 0 Å². The smallest absolute Gasteiger partial charge is 0.128 e. The molecule has 1 aliphatic heterocycles. The molecule has 0 fully saturated rings. The van der Waals surface area contributed by atoms with E-state index in [-0.39, 0.29) is 17.9 Å². The van der Waals surface area contributed by atoms with Crippen molar-refractivity contribution in [1.82, 2.24) is 0 Å². The second-order valence-corrected chi connectivity index (χ2v) is 15.1. The molecule has 56 heavy (non-hydrogen) atoms. The maximum absolute atomic E-state index is 6.30. The molecule has 0 saturated heterocycles. The zero-order chi connectivity index (χ0) is 37.0. The van der Waals surface area contributed by atoms with E-state index in [0.29, 0.717) is 0 Å². The van der Waals surface area contributed by atoms with Gasteiger partial charge < -0.3 is 9.64 Å². The normalized spacial score (nSPS) is 18.1. The fraction of sp³-hybridized carbons (Fsp3) is 0.0741. The molecule has 2 heteroatoms. The number of hydrogen-bond donors (Lipinski definition) is 0. The maximum atomic E-state index is 6.30. The van der Waals surface area contributed by atoms with Gasteiger partial charge in [0.2, 0.25) is 0 Å². The molecule has 0 spiro atoms. The molecule has 3 atom stereocenters. The predicted molar refractivity (Wildman–Crippen MR) is 235 cm³/mol. The molecule has 266 valence electrons. The Kier molecular flexibility index (Phi) is 7.81. The van der Waals surface area contributed by atoms with Gasteiger partial charge in [-0.1, -0.05) is 152 Å². The Labute approximate surface area is 327 Å². The molecule has 3 aliphatic rings. The molecule has 0 N–H and O–H groups in total. The fourth-order valence-electron chi connectivity index (χ4n) is 9.24. The number of rotatable bonds is 6. The second-order valence-electron chi connectivity index (χ2n) is 15.1. The van der Waals surface area contributed by atoms with E-state index < -0.39 is 0 Å². The van der Waals surface area contributed by atoms with Gasteiger partial charge in [0.25, 0.3) is 0 Å². The minimum Gasteiger partial charge on any atom is -0.485 e. The van der Waals surface area contributed by atoms with Gasteiger partial charge in [-0.25, -0.2) is 0 Å². The lowest BCUT2D eigenvalue weighted by Gasteiger charge is -2.34. The van der Waals surface area contributed by atoms with Crippen LogP contribution < -0.4 is 9.64 Å². The first-order valence-electron chi connectivity index (χ1n) is 19.7. The Balaban J connectivity index is 0.983. The van der Waals surface area contributed by atoms with Crippen LogP contribution in [0.1, 0.15) is 29.4 Å². The number of allylic oxidation sites excluding steroid dienone is 6. The van der Waals surface area contributed by atoms with Gasteiger partial charge in [-0.05, 0) is 121 Å². The highest BCUT2D eigenvalue weighted by atomic mass is 16.5. The van der Waals surface area contributed by atoms with Crippen molar-refractivity contribution in [2.75, 3.05) is 4.90 Å². The monoisotopic (exact) mass is 717 g/mol. The molecule has 8 aromatic rings. The predicted octanol–water partition coefficient (Wildman–Crippen LogP) is 14.2. The highest BCUT2D eigenvalue weighted by Gasteiger charge is 2.33. The van der Waals surface area contributed by atoms with E-state index in [4.69, 9.17) is 4.74 Å². The van der Waals surface area contributed by atoms with Gasteiger partial charge in [0.15, 0.2) is 0 Å². The van der Waals surface area contributed by atoms with Crippen LogP contribution in [-0.2, 0) is 0 Å². The molecular formula is C54H39NO. The molecule has 8 aromatic carbocycles. The van der Waals surface area contributed by atoms with Crippen molar-refractivity contribution in [2.45, 2.75) is 24.4 Å². The lowest BCUT2D eigenvalue weighted by molar-refractivity contribution is 0.269. The third-order valence-corrected chi connectivity index (χ3v) is 12.0. The number of ether oxygens (including phenoxy) is 1. The quantitative estimate of drug-likeness (QED) is 0.159. The summed E-state index contributed by atoms with van der Waals surface area (Å²) in [6.07, 6.45) is 16.5. The van der Waals surface area contributed by atoms with E-state index in [2.05, 4.69) is 211 Å². The highest BCUT2D eigenvalue weighted by Crippen LogP contribution is 2.46. The van der Waals surface area contributed by atoms with Crippen LogP contribution in [-0.4, -0.2) is 6.10 Å². The number of nitrogens with zero attached hydrogens (tertiary/aromatic N) is 1. The molecule has 2 aliphatic carbocycles. The van der Waals surface area contributed by atoms with Crippen molar-refractivity contribution in [3.05, 3.63) is 223 Å². The Morgan fingerprint density at radius 2 is 1.18 bits per heavy atom. The lowest BCUT2D eigenvalue weighted by Crippen LogP contribution is -2.23. The summed E-state index contributed by atoms with van der Waals surface area (Å²) in [4.78, 5) is 2.46. The number of benzene rings is 8. The zero-order valence-electron chi connectivity index (χ0n) is 30.9. The van der Waals surface area contributed by atoms with Crippen LogP contribution in [0.4, 0.5) is 11.4 Å². The maximum Gasteiger partial charge on any atom is 0.128 e. The van der Waals surface area contributed by atoms with Crippen LogP contribution >= 0.6 is 0 Å². The van der Waals surface area contributed by atoms with E-state index in [1.807, 2.05) is 0 Å². The molecular weight excluding hydrogens is 679 g/mol. The summed E-state index contributed by atoms with van der Waals surface area (Å²) in [6, 6.07) is 60.3. The Bertz CT molecular complexity index is 2910. The molecule has 0 amide bonds. The minimum absolute atomic E-state index is 0.0850. The van der Waals surface area contributed by atoms with Crippen molar-refractivity contribution < 1.29 is 4.74 Å². The topological polar surface area (TPSA) is 12.5 Å². The van der Waals surface area contributed by atoms with Crippen LogP contribution in [0, 0.1) is 0 Å². The van der Waals surface area contributed by atoms with E-state index in [9.17, 15) is 0 Å². The third-order valence-electron chi connectivity index (χ3n) is 12.0. The van der Waals surface area contributed by atoms with Gasteiger partial charge in [0.05, 0.1) is 0 Å². The summed E-state index contributed by atoms with van der Waals surface area (Å²) in [7, 11) is 0. The number of fused-ring (bicyclic) bond motifs is 8. The van der Waals surface area contributed by atoms with Gasteiger partial charge >= 0.3 is 0 Å². The van der Waals surface area contributed by atoms with Crippen LogP contribution in [0.3, 0.4) is 0 Å². The van der Waals surface area contributed by atoms with Crippen molar-refractivity contribution in [2.24, 2.45) is 0 Å². The van der Waals surface area contributed by atoms with Crippen LogP contribution in [0.2, 0.25) is 0 Å². The average Bonchev–Trinajstić information content (AvgIpc) is 3.66. The van der Waals surface area contributed by atoms with Crippen molar-refractivity contribution >= 4 is 43.7 Å². The summed E-state index contributed by atoms with van der Waals surface area (Å²) in [5.74, 6) is 1.49. The van der Waals surface area contributed by atoms with Gasteiger partial charge in [0.1, 0.15) is 11.9 Å². The van der Waals surface area contributed by atoms with Gasteiger partial charge in [-0.2, -0.15) is 0 Å². The summed E-state index contributed by atoms with van der Waals surface area (Å²) in [5.41, 5.74) is 11.0. The summed E-state index contributed by atoms with van der Waals surface area (Å²) in [6.45, 7) is 0. The number of hydrogen-bond acceptors (Lipinski definition) is 2. The largest absolute Gasteiger partial charge is 0.485 e. The lowest BCUT2D eigenvalue weighted by atomic mass is 9.87. The van der Waals surface area contributed by atoms with Crippen molar-refractivity contribution in [3.63, 3.8) is 0 Å². The van der Waals surface area contributed by atoms with E-state index in [1.165, 1.54) is 71.4 Å². The number of anilines is 2. The molecule has 2 nitrogen and oxygen atoms in total. The highest BCUT2D eigenvalue weighted by molar-refractivity contribution is 6.13. The van der Waals surface area contributed by atoms with Crippen LogP contribution in [0.25, 0.3) is 54.6 Å². The molecule has 0 aromatic heterocycles. The first kappa shape index (κ1) is 32.5. The minimum atomic E-state index is 0.0850.